The van der Waals surface area contributed by atoms with Crippen molar-refractivity contribution in [3.05, 3.63) is 60.2 Å². The van der Waals surface area contributed by atoms with Gasteiger partial charge in [0.2, 0.25) is 5.91 Å². The molecule has 1 unspecified atom stereocenters. The summed E-state index contributed by atoms with van der Waals surface area (Å²) in [4.78, 5) is 13.2. The van der Waals surface area contributed by atoms with Gasteiger partial charge in [-0.25, -0.2) is 0 Å². The summed E-state index contributed by atoms with van der Waals surface area (Å²) in [6, 6.07) is 17.5. The van der Waals surface area contributed by atoms with E-state index < -0.39 is 6.10 Å². The van der Waals surface area contributed by atoms with Crippen molar-refractivity contribution < 1.29 is 14.6 Å². The first kappa shape index (κ1) is 19.9. The number of ether oxygens (including phenoxy) is 1. The maximum absolute atomic E-state index is 11.0. The van der Waals surface area contributed by atoms with E-state index in [2.05, 4.69) is 29.3 Å². The van der Waals surface area contributed by atoms with Gasteiger partial charge in [-0.1, -0.05) is 37.3 Å². The van der Waals surface area contributed by atoms with Crippen LogP contribution < -0.4 is 10.1 Å². The summed E-state index contributed by atoms with van der Waals surface area (Å²) in [5.74, 6) is 0.565. The van der Waals surface area contributed by atoms with Crippen molar-refractivity contribution >= 4 is 11.6 Å². The molecule has 1 amide bonds. The molecule has 0 aliphatic carbocycles. The Morgan fingerprint density at radius 2 is 1.85 bits per heavy atom. The molecule has 26 heavy (non-hydrogen) atoms. The van der Waals surface area contributed by atoms with Crippen molar-refractivity contribution in [3.8, 4) is 5.75 Å². The van der Waals surface area contributed by atoms with Crippen molar-refractivity contribution in [2.24, 2.45) is 0 Å². The van der Waals surface area contributed by atoms with Crippen molar-refractivity contribution in [2.45, 2.75) is 26.4 Å². The van der Waals surface area contributed by atoms with Crippen LogP contribution in [0.2, 0.25) is 0 Å². The van der Waals surface area contributed by atoms with E-state index >= 15 is 0 Å². The van der Waals surface area contributed by atoms with Gasteiger partial charge in [-0.15, -0.1) is 0 Å². The van der Waals surface area contributed by atoms with Gasteiger partial charge in [0.15, 0.2) is 0 Å². The van der Waals surface area contributed by atoms with Gasteiger partial charge >= 0.3 is 0 Å². The molecule has 140 valence electrons. The Hall–Kier alpha value is -2.37. The van der Waals surface area contributed by atoms with E-state index in [-0.39, 0.29) is 12.5 Å². The zero-order valence-corrected chi connectivity index (χ0v) is 15.5. The Morgan fingerprint density at radius 3 is 2.46 bits per heavy atom. The number of benzene rings is 2. The van der Waals surface area contributed by atoms with Gasteiger partial charge in [0, 0.05) is 25.7 Å². The third kappa shape index (κ3) is 7.25. The Morgan fingerprint density at radius 1 is 1.15 bits per heavy atom. The Labute approximate surface area is 155 Å². The molecule has 0 radical (unpaired) electrons. The van der Waals surface area contributed by atoms with Crippen LogP contribution in [-0.4, -0.2) is 48.3 Å². The summed E-state index contributed by atoms with van der Waals surface area (Å²) in [6.07, 6.45) is 0.410. The number of hydrogen-bond donors (Lipinski definition) is 2. The summed E-state index contributed by atoms with van der Waals surface area (Å²) < 4.78 is 5.65. The molecule has 0 bridgehead atoms. The van der Waals surface area contributed by atoms with Crippen molar-refractivity contribution in [3.63, 3.8) is 0 Å². The molecule has 1 atom stereocenters. The first-order valence-corrected chi connectivity index (χ1v) is 9.01. The number of carbonyl (C=O) groups excluding carboxylic acids is 1. The van der Waals surface area contributed by atoms with Gasteiger partial charge in [0.05, 0.1) is 0 Å². The second-order valence-electron chi connectivity index (χ2n) is 6.30. The molecular weight excluding hydrogens is 328 g/mol. The van der Waals surface area contributed by atoms with Gasteiger partial charge in [0.1, 0.15) is 18.5 Å². The average molecular weight is 356 g/mol. The smallest absolute Gasteiger partial charge is 0.221 e. The Balaban J connectivity index is 1.74. The number of rotatable bonds is 10. The lowest BCUT2D eigenvalue weighted by atomic mass is 10.1. The predicted molar refractivity (Wildman–Crippen MR) is 105 cm³/mol. The molecule has 0 fully saturated rings. The zero-order valence-electron chi connectivity index (χ0n) is 15.5. The highest BCUT2D eigenvalue weighted by Crippen LogP contribution is 2.16. The molecule has 2 aromatic carbocycles. The minimum absolute atomic E-state index is 0.107. The standard InChI is InChI=1S/C21H28N2O3/c1-3-23(14-13-18-7-5-4-6-8-18)15-20(25)16-26-21-11-9-19(10-12-21)22-17(2)24/h4-12,20,25H,3,13-16H2,1-2H3,(H,22,24). The van der Waals surface area contributed by atoms with E-state index in [0.717, 1.165) is 25.2 Å². The molecule has 0 heterocycles. The third-order valence-corrected chi connectivity index (χ3v) is 4.09. The maximum Gasteiger partial charge on any atom is 0.221 e. The Kier molecular flexibility index (Phi) is 8.12. The van der Waals surface area contributed by atoms with Crippen LogP contribution in [0.5, 0.6) is 5.75 Å². The number of aliphatic hydroxyl groups excluding tert-OH is 1. The number of carbonyl (C=O) groups is 1. The number of hydrogen-bond acceptors (Lipinski definition) is 4. The summed E-state index contributed by atoms with van der Waals surface area (Å²) in [6.45, 7) is 6.17. The first-order chi connectivity index (χ1) is 12.6. The van der Waals surface area contributed by atoms with Gasteiger partial charge < -0.3 is 20.1 Å². The van der Waals surface area contributed by atoms with E-state index in [4.69, 9.17) is 4.74 Å². The van der Waals surface area contributed by atoms with Crippen LogP contribution in [0.3, 0.4) is 0 Å². The lowest BCUT2D eigenvalue weighted by molar-refractivity contribution is -0.114. The van der Waals surface area contributed by atoms with Crippen LogP contribution >= 0.6 is 0 Å². The van der Waals surface area contributed by atoms with Crippen LogP contribution in [0, 0.1) is 0 Å². The van der Waals surface area contributed by atoms with Gasteiger partial charge in [-0.2, -0.15) is 0 Å². The molecule has 2 aromatic rings. The summed E-state index contributed by atoms with van der Waals surface area (Å²) in [5, 5.41) is 13.0. The topological polar surface area (TPSA) is 61.8 Å². The number of likely N-dealkylation sites (N-methyl/N-ethyl adjacent to an activating group) is 1. The molecule has 0 aromatic heterocycles. The quantitative estimate of drug-likeness (QED) is 0.687. The third-order valence-electron chi connectivity index (χ3n) is 4.09. The van der Waals surface area contributed by atoms with Crippen LogP contribution in [0.1, 0.15) is 19.4 Å². The number of anilines is 1. The van der Waals surface area contributed by atoms with Crippen molar-refractivity contribution in [1.29, 1.82) is 0 Å². The van der Waals surface area contributed by atoms with Gasteiger partial charge in [-0.3, -0.25) is 4.79 Å². The maximum atomic E-state index is 11.0. The fourth-order valence-electron chi connectivity index (χ4n) is 2.69. The summed E-state index contributed by atoms with van der Waals surface area (Å²) in [5.41, 5.74) is 2.03. The normalized spacial score (nSPS) is 12.0. The molecule has 2 N–H and O–H groups in total. The minimum atomic E-state index is -0.555. The van der Waals surface area contributed by atoms with Crippen LogP contribution in [0.15, 0.2) is 54.6 Å². The van der Waals surface area contributed by atoms with E-state index in [9.17, 15) is 9.90 Å². The van der Waals surface area contributed by atoms with Crippen LogP contribution in [0.4, 0.5) is 5.69 Å². The highest BCUT2D eigenvalue weighted by molar-refractivity contribution is 5.88. The number of amides is 1. The van der Waals surface area contributed by atoms with Gasteiger partial charge in [-0.05, 0) is 42.8 Å². The SMILES string of the molecule is CCN(CCc1ccccc1)CC(O)COc1ccc(NC(C)=O)cc1. The fraction of sp³-hybridized carbons (Fsp3) is 0.381. The fourth-order valence-corrected chi connectivity index (χ4v) is 2.69. The highest BCUT2D eigenvalue weighted by Gasteiger charge is 2.11. The Bertz CT molecular complexity index is 659. The largest absolute Gasteiger partial charge is 0.491 e. The number of nitrogens with zero attached hydrogens (tertiary/aromatic N) is 1. The summed E-state index contributed by atoms with van der Waals surface area (Å²) >= 11 is 0. The van der Waals surface area contributed by atoms with Crippen LogP contribution in [0.25, 0.3) is 0 Å². The van der Waals surface area contributed by atoms with E-state index in [1.54, 1.807) is 24.3 Å². The molecule has 5 nitrogen and oxygen atoms in total. The molecular formula is C21H28N2O3. The first-order valence-electron chi connectivity index (χ1n) is 9.01. The van der Waals surface area contributed by atoms with E-state index in [1.165, 1.54) is 12.5 Å². The minimum Gasteiger partial charge on any atom is -0.491 e. The van der Waals surface area contributed by atoms with Crippen LogP contribution in [-0.2, 0) is 11.2 Å². The summed E-state index contributed by atoms with van der Waals surface area (Å²) in [7, 11) is 0. The molecule has 0 aliphatic heterocycles. The number of nitrogens with one attached hydrogen (secondary N) is 1. The van der Waals surface area contributed by atoms with Crippen molar-refractivity contribution in [2.75, 3.05) is 31.6 Å². The lowest BCUT2D eigenvalue weighted by Crippen LogP contribution is -2.36. The zero-order chi connectivity index (χ0) is 18.8. The molecule has 0 aliphatic rings. The molecule has 5 heteroatoms. The monoisotopic (exact) mass is 356 g/mol. The molecule has 0 saturated heterocycles. The second kappa shape index (κ2) is 10.6. The molecule has 0 spiro atoms. The molecule has 0 saturated carbocycles. The number of aliphatic hydroxyl groups is 1. The second-order valence-corrected chi connectivity index (χ2v) is 6.30. The molecule has 2 rings (SSSR count). The average Bonchev–Trinajstić information content (AvgIpc) is 2.65. The van der Waals surface area contributed by atoms with E-state index in [1.807, 2.05) is 18.2 Å². The van der Waals surface area contributed by atoms with E-state index in [0.29, 0.717) is 12.3 Å². The highest BCUT2D eigenvalue weighted by atomic mass is 16.5. The van der Waals surface area contributed by atoms with Crippen molar-refractivity contribution in [1.82, 2.24) is 4.90 Å². The predicted octanol–water partition coefficient (Wildman–Crippen LogP) is 2.95. The lowest BCUT2D eigenvalue weighted by Gasteiger charge is -2.23. The van der Waals surface area contributed by atoms with Gasteiger partial charge in [0.25, 0.3) is 0 Å².